The molecule has 0 aliphatic carbocycles. The van der Waals surface area contributed by atoms with Crippen molar-refractivity contribution in [2.24, 2.45) is 0 Å². The number of fused-ring (bicyclic) bond motifs is 1. The van der Waals surface area contributed by atoms with E-state index in [4.69, 9.17) is 16.3 Å². The molecule has 0 bridgehead atoms. The van der Waals surface area contributed by atoms with Crippen molar-refractivity contribution in [2.75, 3.05) is 12.8 Å². The van der Waals surface area contributed by atoms with Crippen LogP contribution in [0.15, 0.2) is 65.8 Å². The standard InChI is InChI=1S/C22H19ClN2O2S/c1-28-19-4-2-15(3-5-19)22(26)25-13-18-11-16-10-17(23)12-20(21(16)27-18)14-6-8-24-9-7-14/h2-10,12,18H,11,13H2,1H3,(H,25,26)/t18-/m1/s1. The number of rotatable bonds is 5. The summed E-state index contributed by atoms with van der Waals surface area (Å²) < 4.78 is 6.17. The van der Waals surface area contributed by atoms with Crippen molar-refractivity contribution < 1.29 is 9.53 Å². The molecule has 1 aromatic heterocycles. The van der Waals surface area contributed by atoms with Gasteiger partial charge in [-0.25, -0.2) is 0 Å². The predicted molar refractivity (Wildman–Crippen MR) is 113 cm³/mol. The van der Waals surface area contributed by atoms with Crippen molar-refractivity contribution in [3.8, 4) is 16.9 Å². The second-order valence-corrected chi connectivity index (χ2v) is 7.88. The number of nitrogens with zero attached hydrogens (tertiary/aromatic N) is 1. The lowest BCUT2D eigenvalue weighted by Gasteiger charge is -2.14. The maximum absolute atomic E-state index is 12.4. The second kappa shape index (κ2) is 8.25. The molecule has 2 aromatic carbocycles. The summed E-state index contributed by atoms with van der Waals surface area (Å²) in [4.78, 5) is 17.6. The van der Waals surface area contributed by atoms with Crippen molar-refractivity contribution in [3.05, 3.63) is 77.1 Å². The maximum Gasteiger partial charge on any atom is 0.251 e. The van der Waals surface area contributed by atoms with Crippen LogP contribution in [0.1, 0.15) is 15.9 Å². The van der Waals surface area contributed by atoms with E-state index < -0.39 is 0 Å². The summed E-state index contributed by atoms with van der Waals surface area (Å²) in [5, 5.41) is 3.65. The van der Waals surface area contributed by atoms with Crippen LogP contribution in [0.2, 0.25) is 5.02 Å². The molecule has 0 spiro atoms. The first-order valence-electron chi connectivity index (χ1n) is 8.96. The Morgan fingerprint density at radius 1 is 1.21 bits per heavy atom. The van der Waals surface area contributed by atoms with Crippen LogP contribution in [0, 0.1) is 0 Å². The third kappa shape index (κ3) is 4.01. The molecule has 1 aliphatic heterocycles. The van der Waals surface area contributed by atoms with E-state index in [0.717, 1.165) is 27.3 Å². The summed E-state index contributed by atoms with van der Waals surface area (Å²) in [5.41, 5.74) is 3.66. The summed E-state index contributed by atoms with van der Waals surface area (Å²) in [6, 6.07) is 15.3. The van der Waals surface area contributed by atoms with Gasteiger partial charge < -0.3 is 10.1 Å². The van der Waals surface area contributed by atoms with Crippen molar-refractivity contribution >= 4 is 29.3 Å². The van der Waals surface area contributed by atoms with Crippen LogP contribution in [-0.2, 0) is 6.42 Å². The van der Waals surface area contributed by atoms with E-state index in [2.05, 4.69) is 10.3 Å². The first kappa shape index (κ1) is 18.8. The first-order valence-corrected chi connectivity index (χ1v) is 10.6. The Labute approximate surface area is 173 Å². The van der Waals surface area contributed by atoms with Crippen molar-refractivity contribution in [3.63, 3.8) is 0 Å². The molecular weight excluding hydrogens is 392 g/mol. The SMILES string of the molecule is CSc1ccc(C(=O)NC[C@H]2Cc3cc(Cl)cc(-c4ccncc4)c3O2)cc1. The monoisotopic (exact) mass is 410 g/mol. The minimum absolute atomic E-state index is 0.0976. The van der Waals surface area contributed by atoms with Crippen LogP contribution in [0.3, 0.4) is 0 Å². The van der Waals surface area contributed by atoms with Gasteiger partial charge in [-0.15, -0.1) is 11.8 Å². The molecule has 28 heavy (non-hydrogen) atoms. The minimum Gasteiger partial charge on any atom is -0.487 e. The minimum atomic E-state index is -0.122. The zero-order chi connectivity index (χ0) is 19.5. The lowest BCUT2D eigenvalue weighted by Crippen LogP contribution is -2.34. The number of amides is 1. The van der Waals surface area contributed by atoms with E-state index in [0.29, 0.717) is 23.6 Å². The number of nitrogens with one attached hydrogen (secondary N) is 1. The van der Waals surface area contributed by atoms with Gasteiger partial charge in [-0.05, 0) is 60.4 Å². The van der Waals surface area contributed by atoms with Gasteiger partial charge in [0.1, 0.15) is 11.9 Å². The lowest BCUT2D eigenvalue weighted by molar-refractivity contribution is 0.0933. The second-order valence-electron chi connectivity index (χ2n) is 6.56. The number of halogens is 1. The zero-order valence-corrected chi connectivity index (χ0v) is 16.9. The fourth-order valence-corrected chi connectivity index (χ4v) is 3.95. The van der Waals surface area contributed by atoms with Gasteiger partial charge in [-0.1, -0.05) is 11.6 Å². The number of hydrogen-bond donors (Lipinski definition) is 1. The molecule has 4 nitrogen and oxygen atoms in total. The Morgan fingerprint density at radius 2 is 1.96 bits per heavy atom. The van der Waals surface area contributed by atoms with E-state index in [1.807, 2.05) is 54.8 Å². The molecule has 0 unspecified atom stereocenters. The summed E-state index contributed by atoms with van der Waals surface area (Å²) in [7, 11) is 0. The molecule has 2 heterocycles. The Bertz CT molecular complexity index is 993. The Kier molecular flexibility index (Phi) is 5.55. The molecule has 1 aliphatic rings. The average molecular weight is 411 g/mol. The number of carbonyl (C=O) groups is 1. The number of ether oxygens (including phenoxy) is 1. The van der Waals surface area contributed by atoms with E-state index in [-0.39, 0.29) is 12.0 Å². The van der Waals surface area contributed by atoms with Crippen molar-refractivity contribution in [1.82, 2.24) is 10.3 Å². The summed E-state index contributed by atoms with van der Waals surface area (Å²) in [6.07, 6.45) is 6.09. The molecule has 142 valence electrons. The molecule has 0 radical (unpaired) electrons. The molecule has 0 fully saturated rings. The molecule has 3 aromatic rings. The average Bonchev–Trinajstić information content (AvgIpc) is 3.14. The van der Waals surface area contributed by atoms with Gasteiger partial charge in [0, 0.05) is 45.4 Å². The fraction of sp³-hybridized carbons (Fsp3) is 0.182. The maximum atomic E-state index is 12.4. The number of benzene rings is 2. The van der Waals surface area contributed by atoms with Gasteiger partial charge in [0.25, 0.3) is 5.91 Å². The molecule has 1 N–H and O–H groups in total. The number of hydrogen-bond acceptors (Lipinski definition) is 4. The van der Waals surface area contributed by atoms with Crippen molar-refractivity contribution in [1.29, 1.82) is 0 Å². The van der Waals surface area contributed by atoms with Crippen LogP contribution in [-0.4, -0.2) is 29.8 Å². The molecule has 0 saturated carbocycles. The van der Waals surface area contributed by atoms with Gasteiger partial charge in [-0.3, -0.25) is 9.78 Å². The highest BCUT2D eigenvalue weighted by Gasteiger charge is 2.27. The van der Waals surface area contributed by atoms with Gasteiger partial charge >= 0.3 is 0 Å². The largest absolute Gasteiger partial charge is 0.487 e. The Morgan fingerprint density at radius 3 is 2.68 bits per heavy atom. The lowest BCUT2D eigenvalue weighted by atomic mass is 10.0. The predicted octanol–water partition coefficient (Wildman–Crippen LogP) is 4.86. The quantitative estimate of drug-likeness (QED) is 0.610. The van der Waals surface area contributed by atoms with Gasteiger partial charge in [-0.2, -0.15) is 0 Å². The number of thioether (sulfide) groups is 1. The summed E-state index contributed by atoms with van der Waals surface area (Å²) in [5.74, 6) is 0.735. The zero-order valence-electron chi connectivity index (χ0n) is 15.3. The Balaban J connectivity index is 1.46. The fourth-order valence-electron chi connectivity index (χ4n) is 3.31. The molecule has 1 amide bonds. The highest BCUT2D eigenvalue weighted by molar-refractivity contribution is 7.98. The third-order valence-corrected chi connectivity index (χ3v) is 5.66. The molecule has 4 rings (SSSR count). The summed E-state index contributed by atoms with van der Waals surface area (Å²) in [6.45, 7) is 0.436. The van der Waals surface area contributed by atoms with E-state index in [1.165, 1.54) is 0 Å². The number of aromatic nitrogens is 1. The third-order valence-electron chi connectivity index (χ3n) is 4.70. The summed E-state index contributed by atoms with van der Waals surface area (Å²) >= 11 is 7.97. The number of carbonyl (C=O) groups excluding carboxylic acids is 1. The van der Waals surface area contributed by atoms with E-state index >= 15 is 0 Å². The first-order chi connectivity index (χ1) is 13.6. The smallest absolute Gasteiger partial charge is 0.251 e. The highest BCUT2D eigenvalue weighted by atomic mass is 35.5. The molecule has 0 saturated heterocycles. The normalized spacial score (nSPS) is 15.0. The van der Waals surface area contributed by atoms with E-state index in [9.17, 15) is 4.79 Å². The van der Waals surface area contributed by atoms with Crippen molar-refractivity contribution in [2.45, 2.75) is 17.4 Å². The van der Waals surface area contributed by atoms with Crippen LogP contribution < -0.4 is 10.1 Å². The van der Waals surface area contributed by atoms with Crippen LogP contribution in [0.25, 0.3) is 11.1 Å². The topological polar surface area (TPSA) is 51.2 Å². The Hall–Kier alpha value is -2.50. The molecule has 1 atom stereocenters. The van der Waals surface area contributed by atoms with Crippen LogP contribution in [0.5, 0.6) is 5.75 Å². The molecular formula is C22H19ClN2O2S. The van der Waals surface area contributed by atoms with Gasteiger partial charge in [0.2, 0.25) is 0 Å². The highest BCUT2D eigenvalue weighted by Crippen LogP contribution is 2.40. The molecule has 6 heteroatoms. The van der Waals surface area contributed by atoms with Gasteiger partial charge in [0.15, 0.2) is 0 Å². The van der Waals surface area contributed by atoms with Crippen LogP contribution in [0.4, 0.5) is 0 Å². The van der Waals surface area contributed by atoms with Crippen LogP contribution >= 0.6 is 23.4 Å². The van der Waals surface area contributed by atoms with E-state index in [1.54, 1.807) is 24.2 Å². The number of pyridine rings is 1. The van der Waals surface area contributed by atoms with Gasteiger partial charge in [0.05, 0.1) is 6.54 Å².